The molecule has 0 bridgehead atoms. The van der Waals surface area contributed by atoms with Crippen molar-refractivity contribution in [2.45, 2.75) is 25.4 Å². The molecule has 1 atom stereocenters. The van der Waals surface area contributed by atoms with Crippen molar-refractivity contribution >= 4 is 40.9 Å². The van der Waals surface area contributed by atoms with Crippen molar-refractivity contribution in [1.82, 2.24) is 5.32 Å². The number of carbonyl (C=O) groups excluding carboxylic acids is 2. The molecule has 2 amide bonds. The van der Waals surface area contributed by atoms with E-state index in [0.717, 1.165) is 35.5 Å². The molecule has 6 nitrogen and oxygen atoms in total. The smallest absolute Gasteiger partial charge is 0.416 e. The number of nitrogens with one attached hydrogen (secondary N) is 2. The number of allylic oxidation sites excluding steroid dienone is 1. The summed E-state index contributed by atoms with van der Waals surface area (Å²) in [6, 6.07) is 11.8. The van der Waals surface area contributed by atoms with E-state index in [2.05, 4.69) is 16.7 Å². The second-order valence-electron chi connectivity index (χ2n) is 7.19. The van der Waals surface area contributed by atoms with Crippen molar-refractivity contribution in [2.75, 3.05) is 17.7 Å². The molecule has 0 radical (unpaired) electrons. The van der Waals surface area contributed by atoms with Gasteiger partial charge in [0.05, 0.1) is 45.3 Å². The molecule has 2 aromatic rings. The highest BCUT2D eigenvalue weighted by Crippen LogP contribution is 2.37. The Labute approximate surface area is 203 Å². The Balaban J connectivity index is 1.75. The number of nitrogens with zero attached hydrogens (tertiary/aromatic N) is 1. The van der Waals surface area contributed by atoms with Crippen molar-refractivity contribution in [1.29, 1.82) is 5.26 Å². The first-order valence-electron chi connectivity index (χ1n) is 10.1. The van der Waals surface area contributed by atoms with E-state index in [4.69, 9.17) is 16.3 Å². The van der Waals surface area contributed by atoms with Crippen LogP contribution in [-0.4, -0.2) is 24.2 Å². The van der Waals surface area contributed by atoms with E-state index in [1.165, 1.54) is 0 Å². The molecule has 0 fully saturated rings. The molecular weight excluding hydrogens is 491 g/mol. The Morgan fingerprint density at radius 3 is 2.62 bits per heavy atom. The van der Waals surface area contributed by atoms with Gasteiger partial charge in [0.15, 0.2) is 0 Å². The lowest BCUT2D eigenvalue weighted by atomic mass is 9.87. The van der Waals surface area contributed by atoms with Gasteiger partial charge in [-0.3, -0.25) is 9.59 Å². The summed E-state index contributed by atoms with van der Waals surface area (Å²) in [6.07, 6.45) is -4.53. The molecule has 2 N–H and O–H groups in total. The Kier molecular flexibility index (Phi) is 8.12. The molecule has 0 unspecified atom stereocenters. The number of rotatable bonds is 7. The van der Waals surface area contributed by atoms with Gasteiger partial charge in [-0.15, -0.1) is 0 Å². The van der Waals surface area contributed by atoms with E-state index in [9.17, 15) is 28.0 Å². The number of hydrogen-bond acceptors (Lipinski definition) is 5. The van der Waals surface area contributed by atoms with Gasteiger partial charge in [-0.1, -0.05) is 35.5 Å². The second-order valence-corrected chi connectivity index (χ2v) is 8.58. The maximum absolute atomic E-state index is 12.9. The van der Waals surface area contributed by atoms with Crippen molar-refractivity contribution < 1.29 is 27.5 Å². The zero-order valence-electron chi connectivity index (χ0n) is 17.8. The minimum absolute atomic E-state index is 0.0511. The molecule has 3 rings (SSSR count). The third-order valence-corrected chi connectivity index (χ3v) is 6.21. The van der Waals surface area contributed by atoms with E-state index in [1.807, 2.05) is 6.92 Å². The quantitative estimate of drug-likeness (QED) is 0.516. The van der Waals surface area contributed by atoms with Crippen LogP contribution < -0.4 is 15.4 Å². The fourth-order valence-corrected chi connectivity index (χ4v) is 4.34. The molecule has 2 aromatic carbocycles. The van der Waals surface area contributed by atoms with Crippen molar-refractivity contribution in [2.24, 2.45) is 0 Å². The molecule has 1 aliphatic heterocycles. The van der Waals surface area contributed by atoms with Gasteiger partial charge in [-0.2, -0.15) is 18.4 Å². The van der Waals surface area contributed by atoms with Crippen LogP contribution in [0, 0.1) is 11.3 Å². The van der Waals surface area contributed by atoms with Gasteiger partial charge in [0.25, 0.3) is 0 Å². The molecule has 11 heteroatoms. The van der Waals surface area contributed by atoms with Crippen LogP contribution in [0.1, 0.15) is 30.4 Å². The summed E-state index contributed by atoms with van der Waals surface area (Å²) in [5, 5.41) is 14.9. The summed E-state index contributed by atoms with van der Waals surface area (Å²) in [4.78, 5) is 24.7. The highest BCUT2D eigenvalue weighted by atomic mass is 35.5. The molecule has 0 saturated carbocycles. The second kappa shape index (κ2) is 10.8. The number of thioether (sulfide) groups is 1. The van der Waals surface area contributed by atoms with Gasteiger partial charge in [0, 0.05) is 12.3 Å². The number of halogens is 4. The van der Waals surface area contributed by atoms with Crippen LogP contribution in [0.25, 0.3) is 0 Å². The highest BCUT2D eigenvalue weighted by molar-refractivity contribution is 8.03. The first-order chi connectivity index (χ1) is 16.1. The van der Waals surface area contributed by atoms with Gasteiger partial charge in [-0.25, -0.2) is 0 Å². The van der Waals surface area contributed by atoms with Crippen LogP contribution in [-0.2, 0) is 15.8 Å². The summed E-state index contributed by atoms with van der Waals surface area (Å²) in [5.74, 6) is -1.06. The topological polar surface area (TPSA) is 91.2 Å². The minimum Gasteiger partial charge on any atom is -0.494 e. The molecule has 1 aliphatic rings. The van der Waals surface area contributed by atoms with Gasteiger partial charge >= 0.3 is 6.18 Å². The van der Waals surface area contributed by atoms with Gasteiger partial charge in [0.2, 0.25) is 11.8 Å². The number of ether oxygens (including phenoxy) is 1. The maximum Gasteiger partial charge on any atom is 0.416 e. The molecule has 1 heterocycles. The average molecular weight is 510 g/mol. The van der Waals surface area contributed by atoms with E-state index in [-0.39, 0.29) is 33.8 Å². The molecule has 0 saturated heterocycles. The Morgan fingerprint density at radius 2 is 2.00 bits per heavy atom. The Bertz CT molecular complexity index is 1160. The summed E-state index contributed by atoms with van der Waals surface area (Å²) < 4.78 is 44.2. The van der Waals surface area contributed by atoms with E-state index in [0.29, 0.717) is 17.9 Å². The number of nitriles is 1. The fraction of sp³-hybridized carbons (Fsp3) is 0.261. The summed E-state index contributed by atoms with van der Waals surface area (Å²) in [6.45, 7) is 2.36. The van der Waals surface area contributed by atoms with Crippen LogP contribution in [0.2, 0.25) is 5.02 Å². The van der Waals surface area contributed by atoms with E-state index >= 15 is 0 Å². The lowest BCUT2D eigenvalue weighted by Crippen LogP contribution is -2.31. The third-order valence-electron chi connectivity index (χ3n) is 4.86. The normalized spacial score (nSPS) is 16.0. The lowest BCUT2D eigenvalue weighted by Gasteiger charge is -2.25. The summed E-state index contributed by atoms with van der Waals surface area (Å²) >= 11 is 6.82. The van der Waals surface area contributed by atoms with Gasteiger partial charge in [0.1, 0.15) is 5.75 Å². The van der Waals surface area contributed by atoms with Gasteiger partial charge < -0.3 is 15.4 Å². The standard InChI is InChI=1S/C23H19ClF3N3O3S/c1-2-33-15-6-3-13(4-7-15)16-10-20(31)30-22(17(16)11-28)34-12-21(32)29-19-9-14(23(25,26)27)5-8-18(19)24/h3-9,16H,2,10,12H2,1H3,(H,29,32)(H,30,31)/t16-/m0/s1. The Hall–Kier alpha value is -3.16. The zero-order valence-corrected chi connectivity index (χ0v) is 19.4. The molecule has 178 valence electrons. The Morgan fingerprint density at radius 1 is 1.29 bits per heavy atom. The average Bonchev–Trinajstić information content (AvgIpc) is 2.78. The van der Waals surface area contributed by atoms with Crippen molar-refractivity contribution in [3.05, 3.63) is 69.2 Å². The first-order valence-corrected chi connectivity index (χ1v) is 11.4. The number of hydrogen-bond donors (Lipinski definition) is 2. The molecule has 0 spiro atoms. The first kappa shape index (κ1) is 25.5. The maximum atomic E-state index is 12.9. The molecular formula is C23H19ClF3N3O3S. The molecule has 34 heavy (non-hydrogen) atoms. The lowest BCUT2D eigenvalue weighted by molar-refractivity contribution is -0.137. The highest BCUT2D eigenvalue weighted by Gasteiger charge is 2.32. The van der Waals surface area contributed by atoms with Crippen LogP contribution in [0.15, 0.2) is 53.1 Å². The minimum atomic E-state index is -4.59. The molecule has 0 aliphatic carbocycles. The van der Waals surface area contributed by atoms with Gasteiger partial charge in [-0.05, 0) is 42.8 Å². The SMILES string of the molecule is CCOc1ccc([C@@H]2CC(=O)NC(SCC(=O)Nc3cc(C(F)(F)F)ccc3Cl)=C2C#N)cc1. The van der Waals surface area contributed by atoms with Crippen molar-refractivity contribution in [3.8, 4) is 11.8 Å². The number of carbonyl (C=O) groups is 2. The number of amides is 2. The van der Waals surface area contributed by atoms with Crippen LogP contribution >= 0.6 is 23.4 Å². The number of anilines is 1. The van der Waals surface area contributed by atoms with E-state index in [1.54, 1.807) is 24.3 Å². The molecule has 0 aromatic heterocycles. The van der Waals surface area contributed by atoms with Crippen LogP contribution in [0.4, 0.5) is 18.9 Å². The number of alkyl halides is 3. The predicted octanol–water partition coefficient (Wildman–Crippen LogP) is 5.47. The zero-order chi connectivity index (χ0) is 24.9. The third kappa shape index (κ3) is 6.24. The van der Waals surface area contributed by atoms with E-state index < -0.39 is 23.6 Å². The summed E-state index contributed by atoms with van der Waals surface area (Å²) in [7, 11) is 0. The largest absolute Gasteiger partial charge is 0.494 e. The van der Waals surface area contributed by atoms with Crippen molar-refractivity contribution in [3.63, 3.8) is 0 Å². The monoisotopic (exact) mass is 509 g/mol. The van der Waals surface area contributed by atoms with Crippen LogP contribution in [0.5, 0.6) is 5.75 Å². The fourth-order valence-electron chi connectivity index (χ4n) is 3.30. The van der Waals surface area contributed by atoms with Crippen LogP contribution in [0.3, 0.4) is 0 Å². The predicted molar refractivity (Wildman–Crippen MR) is 123 cm³/mol. The number of benzene rings is 2. The summed E-state index contributed by atoms with van der Waals surface area (Å²) in [5.41, 5.74) is -0.101.